The van der Waals surface area contributed by atoms with Gasteiger partial charge in [0.25, 0.3) is 0 Å². The topological polar surface area (TPSA) is 53.1 Å². The van der Waals surface area contributed by atoms with Crippen LogP contribution in [0.2, 0.25) is 0 Å². The molecule has 2 aliphatic rings. The minimum atomic E-state index is -0.712. The number of methoxy groups -OCH3 is 1. The van der Waals surface area contributed by atoms with E-state index in [2.05, 4.69) is 16.7 Å². The maximum Gasteiger partial charge on any atom is 0.239 e. The van der Waals surface area contributed by atoms with Gasteiger partial charge in [-0.05, 0) is 19.0 Å². The minimum absolute atomic E-state index is 0.0945. The Morgan fingerprint density at radius 1 is 1.11 bits per heavy atom. The van der Waals surface area contributed by atoms with E-state index in [1.165, 1.54) is 0 Å². The number of carbonyl (C=O) groups excluding carboxylic acids is 2. The van der Waals surface area contributed by atoms with Crippen LogP contribution in [0.25, 0.3) is 0 Å². The van der Waals surface area contributed by atoms with Crippen molar-refractivity contribution in [3.05, 3.63) is 47.7 Å². The lowest BCUT2D eigenvalue weighted by Crippen LogP contribution is -2.53. The number of ether oxygens (including phenoxy) is 1. The van der Waals surface area contributed by atoms with Gasteiger partial charge in [0, 0.05) is 51.6 Å². The van der Waals surface area contributed by atoms with E-state index in [4.69, 9.17) is 4.74 Å². The molecule has 0 aromatic heterocycles. The summed E-state index contributed by atoms with van der Waals surface area (Å²) in [7, 11) is 1.62. The summed E-state index contributed by atoms with van der Waals surface area (Å²) in [5.41, 5.74) is 1.73. The van der Waals surface area contributed by atoms with Crippen molar-refractivity contribution in [3.8, 4) is 0 Å². The number of rotatable bonds is 7. The van der Waals surface area contributed by atoms with E-state index in [1.807, 2.05) is 37.3 Å². The number of likely N-dealkylation sites (N-methyl/N-ethyl adjacent to an activating group) is 1. The van der Waals surface area contributed by atoms with Crippen molar-refractivity contribution in [2.24, 2.45) is 5.92 Å². The van der Waals surface area contributed by atoms with Crippen molar-refractivity contribution in [1.29, 1.82) is 0 Å². The van der Waals surface area contributed by atoms with E-state index in [1.54, 1.807) is 18.1 Å². The average Bonchev–Trinajstić information content (AvgIpc) is 2.71. The number of hydrogen-bond acceptors (Lipinski definition) is 5. The number of carbonyl (C=O) groups is 2. The van der Waals surface area contributed by atoms with Crippen LogP contribution in [-0.2, 0) is 14.3 Å². The summed E-state index contributed by atoms with van der Waals surface area (Å²) in [5, 5.41) is 0. The molecule has 1 fully saturated rings. The highest BCUT2D eigenvalue weighted by Gasteiger charge is 2.43. The van der Waals surface area contributed by atoms with Gasteiger partial charge in [-0.25, -0.2) is 0 Å². The molecule has 3 rings (SSSR count). The van der Waals surface area contributed by atoms with Crippen molar-refractivity contribution < 1.29 is 14.3 Å². The Kier molecular flexibility index (Phi) is 6.99. The van der Waals surface area contributed by atoms with E-state index in [9.17, 15) is 9.59 Å². The first-order valence-electron chi connectivity index (χ1n) is 10.1. The van der Waals surface area contributed by atoms with Crippen molar-refractivity contribution in [1.82, 2.24) is 14.7 Å². The van der Waals surface area contributed by atoms with Gasteiger partial charge < -0.3 is 14.5 Å². The average molecular weight is 386 g/mol. The van der Waals surface area contributed by atoms with Crippen molar-refractivity contribution in [3.63, 3.8) is 0 Å². The Labute approximate surface area is 167 Å². The summed E-state index contributed by atoms with van der Waals surface area (Å²) in [6.45, 7) is 9.54. The number of nitrogens with zero attached hydrogens (tertiary/aromatic N) is 3. The van der Waals surface area contributed by atoms with Gasteiger partial charge in [0.05, 0.1) is 12.6 Å². The molecule has 152 valence electrons. The molecule has 0 saturated carbocycles. The van der Waals surface area contributed by atoms with Gasteiger partial charge in [-0.1, -0.05) is 37.3 Å². The molecule has 2 aliphatic heterocycles. The number of amides is 1. The van der Waals surface area contributed by atoms with Gasteiger partial charge in [0.1, 0.15) is 5.92 Å². The highest BCUT2D eigenvalue weighted by Crippen LogP contribution is 2.35. The Morgan fingerprint density at radius 2 is 1.79 bits per heavy atom. The van der Waals surface area contributed by atoms with Crippen molar-refractivity contribution in [2.45, 2.75) is 19.9 Å². The third kappa shape index (κ3) is 4.35. The maximum atomic E-state index is 13.4. The van der Waals surface area contributed by atoms with E-state index in [-0.39, 0.29) is 17.7 Å². The molecule has 28 heavy (non-hydrogen) atoms. The Balaban J connectivity index is 1.93. The number of hydrogen-bond donors (Lipinski definition) is 0. The third-order valence-electron chi connectivity index (χ3n) is 5.84. The predicted octanol–water partition coefficient (Wildman–Crippen LogP) is 1.94. The fourth-order valence-corrected chi connectivity index (χ4v) is 4.22. The molecule has 1 amide bonds. The molecule has 0 aliphatic carbocycles. The molecular formula is C22H31N3O3. The lowest BCUT2D eigenvalue weighted by Gasteiger charge is -2.43. The molecule has 2 atom stereocenters. The zero-order chi connectivity index (χ0) is 20.1. The Bertz CT molecular complexity index is 711. The standard InChI is InChI=1S/C22H31N3O3/c1-4-23-10-12-24(13-11-23)21(18-8-6-5-7-9-18)20-19(26)16-17(2)25(22(20)27)14-15-28-3/h5-9,16,20-21H,4,10-15H2,1-3H3. The number of piperazine rings is 1. The zero-order valence-corrected chi connectivity index (χ0v) is 17.1. The molecule has 0 N–H and O–H groups in total. The summed E-state index contributed by atoms with van der Waals surface area (Å²) in [4.78, 5) is 32.8. The molecule has 1 aromatic rings. The van der Waals surface area contributed by atoms with Crippen LogP contribution in [0.5, 0.6) is 0 Å². The monoisotopic (exact) mass is 385 g/mol. The largest absolute Gasteiger partial charge is 0.383 e. The second-order valence-electron chi connectivity index (χ2n) is 7.47. The molecule has 6 nitrogen and oxygen atoms in total. The van der Waals surface area contributed by atoms with Gasteiger partial charge >= 0.3 is 0 Å². The molecular weight excluding hydrogens is 354 g/mol. The van der Waals surface area contributed by atoms with E-state index < -0.39 is 5.92 Å². The molecule has 2 heterocycles. The first-order valence-corrected chi connectivity index (χ1v) is 10.1. The predicted molar refractivity (Wildman–Crippen MR) is 109 cm³/mol. The summed E-state index contributed by atoms with van der Waals surface area (Å²) in [6, 6.07) is 9.74. The van der Waals surface area contributed by atoms with Crippen LogP contribution in [-0.4, -0.2) is 79.4 Å². The summed E-state index contributed by atoms with van der Waals surface area (Å²) < 4.78 is 5.17. The lowest BCUT2D eigenvalue weighted by molar-refractivity contribution is -0.144. The molecule has 1 aromatic carbocycles. The Hall–Kier alpha value is -2.02. The normalized spacial score (nSPS) is 23.0. The molecule has 2 unspecified atom stereocenters. The molecule has 6 heteroatoms. The van der Waals surface area contributed by atoms with Crippen LogP contribution < -0.4 is 0 Å². The number of allylic oxidation sites excluding steroid dienone is 2. The van der Waals surface area contributed by atoms with E-state index in [0.717, 1.165) is 38.3 Å². The first kappa shape index (κ1) is 20.7. The van der Waals surface area contributed by atoms with Crippen LogP contribution in [0.1, 0.15) is 25.5 Å². The first-order chi connectivity index (χ1) is 13.6. The summed E-state index contributed by atoms with van der Waals surface area (Å²) in [5.74, 6) is -0.923. The molecule has 0 bridgehead atoms. The van der Waals surface area contributed by atoms with Crippen LogP contribution in [0, 0.1) is 5.92 Å². The lowest BCUT2D eigenvalue weighted by atomic mass is 9.84. The van der Waals surface area contributed by atoms with Crippen molar-refractivity contribution in [2.75, 3.05) is 53.0 Å². The number of benzene rings is 1. The van der Waals surface area contributed by atoms with E-state index in [0.29, 0.717) is 18.8 Å². The van der Waals surface area contributed by atoms with Crippen LogP contribution in [0.3, 0.4) is 0 Å². The van der Waals surface area contributed by atoms with Gasteiger partial charge in [0.15, 0.2) is 5.78 Å². The van der Waals surface area contributed by atoms with Crippen molar-refractivity contribution >= 4 is 11.7 Å². The third-order valence-corrected chi connectivity index (χ3v) is 5.84. The van der Waals surface area contributed by atoms with Gasteiger partial charge in [0.2, 0.25) is 5.91 Å². The van der Waals surface area contributed by atoms with Gasteiger partial charge in [-0.2, -0.15) is 0 Å². The van der Waals surface area contributed by atoms with Gasteiger partial charge in [-0.3, -0.25) is 14.5 Å². The fourth-order valence-electron chi connectivity index (χ4n) is 4.22. The highest BCUT2D eigenvalue weighted by atomic mass is 16.5. The van der Waals surface area contributed by atoms with Crippen LogP contribution >= 0.6 is 0 Å². The number of ketones is 1. The quantitative estimate of drug-likeness (QED) is 0.672. The summed E-state index contributed by atoms with van der Waals surface area (Å²) >= 11 is 0. The maximum absolute atomic E-state index is 13.4. The fraction of sp³-hybridized carbons (Fsp3) is 0.545. The molecule has 0 radical (unpaired) electrons. The molecule has 1 saturated heterocycles. The second kappa shape index (κ2) is 9.45. The van der Waals surface area contributed by atoms with Gasteiger partial charge in [-0.15, -0.1) is 0 Å². The SMILES string of the molecule is CCN1CCN(C(c2ccccc2)C2C(=O)C=C(C)N(CCOC)C2=O)CC1. The van der Waals surface area contributed by atoms with Crippen LogP contribution in [0.15, 0.2) is 42.1 Å². The zero-order valence-electron chi connectivity index (χ0n) is 17.1. The smallest absolute Gasteiger partial charge is 0.239 e. The van der Waals surface area contributed by atoms with E-state index >= 15 is 0 Å². The summed E-state index contributed by atoms with van der Waals surface area (Å²) in [6.07, 6.45) is 1.62. The second-order valence-corrected chi connectivity index (χ2v) is 7.47. The molecule has 0 spiro atoms. The van der Waals surface area contributed by atoms with Crippen LogP contribution in [0.4, 0.5) is 0 Å². The minimum Gasteiger partial charge on any atom is -0.383 e. The Morgan fingerprint density at radius 3 is 2.39 bits per heavy atom. The highest BCUT2D eigenvalue weighted by molar-refractivity contribution is 6.10.